The highest BCUT2D eigenvalue weighted by Gasteiger charge is 2.35. The van der Waals surface area contributed by atoms with Crippen LogP contribution in [0.25, 0.3) is 10.4 Å². The van der Waals surface area contributed by atoms with Crippen LogP contribution in [0.4, 0.5) is 13.2 Å². The van der Waals surface area contributed by atoms with E-state index in [4.69, 9.17) is 5.53 Å². The minimum Gasteiger partial charge on any atom is -0.496 e. The molecule has 6 nitrogen and oxygen atoms in total. The highest BCUT2D eigenvalue weighted by Crippen LogP contribution is 2.38. The minimum absolute atomic E-state index is 0.0708. The molecule has 0 aliphatic heterocycles. The third-order valence-electron chi connectivity index (χ3n) is 2.82. The largest absolute Gasteiger partial charge is 0.496 e. The summed E-state index contributed by atoms with van der Waals surface area (Å²) in [5.74, 6) is -0.373. The first-order valence-electron chi connectivity index (χ1n) is 5.93. The molecule has 2 N–H and O–H groups in total. The number of alkyl halides is 3. The fourth-order valence-electron chi connectivity index (χ4n) is 1.75. The van der Waals surface area contributed by atoms with Gasteiger partial charge < -0.3 is 14.9 Å². The third kappa shape index (κ3) is 4.52. The molecule has 0 aliphatic carbocycles. The number of benzene rings is 1. The summed E-state index contributed by atoms with van der Waals surface area (Å²) in [6.07, 6.45) is -7.58. The van der Waals surface area contributed by atoms with Crippen molar-refractivity contribution in [3.8, 4) is 5.75 Å². The maximum Gasteiger partial charge on any atom is 0.419 e. The standard InChI is InChI=1S/C12H14F3N3O3/c1-21-10-3-2-7(6-8(10)12(13,14)15)11(20)9(19)4-5-17-18-16/h2-3,6,9,11,19-20H,4-5H2,1H3. The van der Waals surface area contributed by atoms with Gasteiger partial charge in [-0.2, -0.15) is 13.2 Å². The SMILES string of the molecule is COc1ccc(C(O)C(O)CCN=[N+]=[N-])cc1C(F)(F)F. The van der Waals surface area contributed by atoms with Gasteiger partial charge in [0.05, 0.1) is 18.8 Å². The van der Waals surface area contributed by atoms with Crippen LogP contribution in [-0.2, 0) is 6.18 Å². The van der Waals surface area contributed by atoms with Crippen LogP contribution in [0.1, 0.15) is 23.7 Å². The molecule has 0 aromatic heterocycles. The van der Waals surface area contributed by atoms with Gasteiger partial charge in [-0.3, -0.25) is 0 Å². The Bertz CT molecular complexity index is 530. The van der Waals surface area contributed by atoms with Crippen molar-refractivity contribution in [1.82, 2.24) is 0 Å². The van der Waals surface area contributed by atoms with Crippen LogP contribution >= 0.6 is 0 Å². The van der Waals surface area contributed by atoms with Crippen molar-refractivity contribution in [2.45, 2.75) is 24.8 Å². The molecule has 0 bridgehead atoms. The van der Waals surface area contributed by atoms with Gasteiger partial charge >= 0.3 is 6.18 Å². The number of ether oxygens (including phenoxy) is 1. The predicted molar refractivity (Wildman–Crippen MR) is 67.6 cm³/mol. The van der Waals surface area contributed by atoms with Gasteiger partial charge in [-0.15, -0.1) is 0 Å². The van der Waals surface area contributed by atoms with Crippen LogP contribution < -0.4 is 4.74 Å². The second kappa shape index (κ2) is 7.16. The summed E-state index contributed by atoms with van der Waals surface area (Å²) < 4.78 is 43.2. The van der Waals surface area contributed by atoms with Gasteiger partial charge in [0.2, 0.25) is 0 Å². The summed E-state index contributed by atoms with van der Waals surface area (Å²) in [6, 6.07) is 3.03. The number of aliphatic hydroxyl groups is 2. The molecule has 21 heavy (non-hydrogen) atoms. The molecule has 1 rings (SSSR count). The molecule has 0 amide bonds. The number of rotatable bonds is 6. The fraction of sp³-hybridized carbons (Fsp3) is 0.500. The summed E-state index contributed by atoms with van der Waals surface area (Å²) in [5, 5.41) is 22.7. The highest BCUT2D eigenvalue weighted by molar-refractivity contribution is 5.40. The Hall–Kier alpha value is -1.96. The average molecular weight is 305 g/mol. The molecule has 0 saturated carbocycles. The zero-order valence-corrected chi connectivity index (χ0v) is 11.1. The van der Waals surface area contributed by atoms with Crippen molar-refractivity contribution in [3.05, 3.63) is 39.8 Å². The van der Waals surface area contributed by atoms with E-state index in [1.165, 1.54) is 6.07 Å². The average Bonchev–Trinajstić information content (AvgIpc) is 2.45. The Morgan fingerprint density at radius 3 is 2.57 bits per heavy atom. The number of hydrogen-bond acceptors (Lipinski definition) is 4. The number of nitrogens with zero attached hydrogens (tertiary/aromatic N) is 3. The van der Waals surface area contributed by atoms with Crippen LogP contribution in [0.2, 0.25) is 0 Å². The summed E-state index contributed by atoms with van der Waals surface area (Å²) >= 11 is 0. The van der Waals surface area contributed by atoms with Gasteiger partial charge in [0, 0.05) is 11.5 Å². The molecule has 0 radical (unpaired) electrons. The van der Waals surface area contributed by atoms with Crippen molar-refractivity contribution >= 4 is 0 Å². The molecule has 2 atom stereocenters. The molecule has 1 aromatic rings. The summed E-state index contributed by atoms with van der Waals surface area (Å²) in [6.45, 7) is -0.0724. The van der Waals surface area contributed by atoms with Crippen molar-refractivity contribution in [1.29, 1.82) is 0 Å². The Morgan fingerprint density at radius 2 is 2.05 bits per heavy atom. The second-order valence-electron chi connectivity index (χ2n) is 4.21. The van der Waals surface area contributed by atoms with Crippen LogP contribution in [0.3, 0.4) is 0 Å². The fourth-order valence-corrected chi connectivity index (χ4v) is 1.75. The normalized spacial score (nSPS) is 14.2. The van der Waals surface area contributed by atoms with Crippen LogP contribution in [0.5, 0.6) is 5.75 Å². The van der Waals surface area contributed by atoms with E-state index < -0.39 is 23.9 Å². The molecular weight excluding hydrogens is 291 g/mol. The molecule has 0 spiro atoms. The van der Waals surface area contributed by atoms with E-state index in [1.807, 2.05) is 0 Å². The number of azide groups is 1. The van der Waals surface area contributed by atoms with Crippen molar-refractivity contribution < 1.29 is 28.1 Å². The van der Waals surface area contributed by atoms with E-state index in [2.05, 4.69) is 14.8 Å². The van der Waals surface area contributed by atoms with E-state index in [-0.39, 0.29) is 24.3 Å². The Balaban J connectivity index is 3.00. The predicted octanol–water partition coefficient (Wildman–Crippen LogP) is 2.81. The molecule has 0 fully saturated rings. The van der Waals surface area contributed by atoms with Crippen LogP contribution in [0, 0.1) is 0 Å². The lowest BCUT2D eigenvalue weighted by atomic mass is 9.99. The van der Waals surface area contributed by atoms with Gasteiger partial charge in [0.15, 0.2) is 0 Å². The maximum atomic E-state index is 12.8. The molecule has 0 heterocycles. The molecule has 0 saturated heterocycles. The van der Waals surface area contributed by atoms with Gasteiger partial charge in [-0.05, 0) is 29.6 Å². The van der Waals surface area contributed by atoms with Gasteiger partial charge in [0.25, 0.3) is 0 Å². The smallest absolute Gasteiger partial charge is 0.419 e. The molecule has 1 aromatic carbocycles. The summed E-state index contributed by atoms with van der Waals surface area (Å²) in [7, 11) is 1.11. The van der Waals surface area contributed by atoms with E-state index in [1.54, 1.807) is 0 Å². The molecule has 2 unspecified atom stereocenters. The Morgan fingerprint density at radius 1 is 1.38 bits per heavy atom. The summed E-state index contributed by atoms with van der Waals surface area (Å²) in [4.78, 5) is 2.48. The molecule has 0 aliphatic rings. The first kappa shape index (κ1) is 17.1. The van der Waals surface area contributed by atoms with Crippen molar-refractivity contribution in [2.75, 3.05) is 13.7 Å². The maximum absolute atomic E-state index is 12.8. The number of hydrogen-bond donors (Lipinski definition) is 2. The van der Waals surface area contributed by atoms with Crippen LogP contribution in [0.15, 0.2) is 23.3 Å². The van der Waals surface area contributed by atoms with Crippen molar-refractivity contribution in [2.24, 2.45) is 5.11 Å². The lowest BCUT2D eigenvalue weighted by Crippen LogP contribution is -2.20. The van der Waals surface area contributed by atoms with E-state index in [9.17, 15) is 23.4 Å². The molecule has 116 valence electrons. The van der Waals surface area contributed by atoms with E-state index in [0.29, 0.717) is 0 Å². The van der Waals surface area contributed by atoms with E-state index in [0.717, 1.165) is 19.2 Å². The topological polar surface area (TPSA) is 98.5 Å². The molecular formula is C12H14F3N3O3. The zero-order valence-electron chi connectivity index (χ0n) is 11.1. The first-order chi connectivity index (χ1) is 9.81. The first-order valence-corrected chi connectivity index (χ1v) is 5.93. The zero-order chi connectivity index (χ0) is 16.0. The summed E-state index contributed by atoms with van der Waals surface area (Å²) in [5.41, 5.74) is 6.96. The third-order valence-corrected chi connectivity index (χ3v) is 2.82. The number of halogens is 3. The molecule has 9 heteroatoms. The second-order valence-corrected chi connectivity index (χ2v) is 4.21. The van der Waals surface area contributed by atoms with E-state index >= 15 is 0 Å². The lowest BCUT2D eigenvalue weighted by Gasteiger charge is -2.20. The number of aliphatic hydroxyl groups excluding tert-OH is 2. The Kier molecular flexibility index (Phi) is 5.83. The van der Waals surface area contributed by atoms with Gasteiger partial charge in [-0.1, -0.05) is 11.2 Å². The number of methoxy groups -OCH3 is 1. The van der Waals surface area contributed by atoms with Crippen molar-refractivity contribution in [3.63, 3.8) is 0 Å². The lowest BCUT2D eigenvalue weighted by molar-refractivity contribution is -0.138. The monoisotopic (exact) mass is 305 g/mol. The van der Waals surface area contributed by atoms with Gasteiger partial charge in [0.1, 0.15) is 11.9 Å². The quantitative estimate of drug-likeness (QED) is 0.480. The van der Waals surface area contributed by atoms with Gasteiger partial charge in [-0.25, -0.2) is 0 Å². The Labute approximate surface area is 118 Å². The van der Waals surface area contributed by atoms with Crippen LogP contribution in [-0.4, -0.2) is 30.0 Å². The highest BCUT2D eigenvalue weighted by atomic mass is 19.4. The minimum atomic E-state index is -4.64.